The highest BCUT2D eigenvalue weighted by molar-refractivity contribution is 6.31. The fourth-order valence-electron chi connectivity index (χ4n) is 7.98. The summed E-state index contributed by atoms with van der Waals surface area (Å²) in [6.45, 7) is 18.3. The second-order valence-corrected chi connectivity index (χ2v) is 15.7. The number of anilines is 2. The summed E-state index contributed by atoms with van der Waals surface area (Å²) < 4.78 is 0. The molecule has 0 saturated carbocycles. The summed E-state index contributed by atoms with van der Waals surface area (Å²) in [7, 11) is 4.30. The second kappa shape index (κ2) is 19.8. The van der Waals surface area contributed by atoms with Crippen LogP contribution in [-0.2, 0) is 13.0 Å². The van der Waals surface area contributed by atoms with Crippen LogP contribution >= 0.6 is 23.2 Å². The number of aryl methyl sites for hydroxylation is 2. The predicted molar refractivity (Wildman–Crippen MR) is 223 cm³/mol. The highest BCUT2D eigenvalue weighted by Crippen LogP contribution is 2.33. The molecule has 3 N–H and O–H groups in total. The van der Waals surface area contributed by atoms with Crippen molar-refractivity contribution in [2.24, 2.45) is 0 Å². The topological polar surface area (TPSA) is 112 Å². The zero-order valence-corrected chi connectivity index (χ0v) is 35.0. The number of carboxylic acid groups (broad SMARTS) is 1. The van der Waals surface area contributed by atoms with Crippen LogP contribution in [0.5, 0.6) is 0 Å². The van der Waals surface area contributed by atoms with Crippen LogP contribution in [0.3, 0.4) is 0 Å². The molecule has 5 rings (SSSR count). The maximum Gasteiger partial charge on any atom is 0.336 e. The van der Waals surface area contributed by atoms with Gasteiger partial charge in [-0.3, -0.25) is 9.59 Å². The Kier molecular flexibility index (Phi) is 15.9. The molecule has 2 saturated heterocycles. The van der Waals surface area contributed by atoms with Crippen molar-refractivity contribution in [1.29, 1.82) is 0 Å². The molecule has 10 nitrogen and oxygen atoms in total. The molecule has 1 amide bonds. The third kappa shape index (κ3) is 10.8. The molecule has 296 valence electrons. The van der Waals surface area contributed by atoms with Gasteiger partial charge in [0.1, 0.15) is 0 Å². The molecular formula is C42H60Cl2N6O4. The number of hydrogen-bond donors (Lipinski definition) is 3. The van der Waals surface area contributed by atoms with Crippen molar-refractivity contribution in [3.63, 3.8) is 0 Å². The Morgan fingerprint density at radius 3 is 1.70 bits per heavy atom. The molecular weight excluding hydrogens is 723 g/mol. The molecule has 2 aliphatic heterocycles. The number of aromatic carboxylic acids is 1. The van der Waals surface area contributed by atoms with Crippen molar-refractivity contribution in [3.8, 4) is 0 Å². The van der Waals surface area contributed by atoms with Crippen LogP contribution in [0.15, 0.2) is 35.1 Å². The number of amides is 1. The first-order valence-electron chi connectivity index (χ1n) is 19.4. The summed E-state index contributed by atoms with van der Waals surface area (Å²) in [5.41, 5.74) is 6.86. The van der Waals surface area contributed by atoms with Gasteiger partial charge in [-0.2, -0.15) is 0 Å². The monoisotopic (exact) mass is 782 g/mol. The summed E-state index contributed by atoms with van der Waals surface area (Å²) in [5.74, 6) is -1.13. The SMILES string of the molecule is CCCc1cc(C)[nH]c(=O)c1CNC(=O)c1cc(Cl)cc(N(CC)C2CCN(C)CC2)c1C.CCN(c1cc(Cl)cc(C(=O)O)c1C)C1CCN(C)CC1. The molecule has 0 unspecified atom stereocenters. The first kappa shape index (κ1) is 43.2. The number of carbonyl (C=O) groups excluding carboxylic acids is 1. The Labute approximate surface area is 331 Å². The van der Waals surface area contributed by atoms with Crippen LogP contribution in [0.1, 0.15) is 102 Å². The summed E-state index contributed by atoms with van der Waals surface area (Å²) in [6, 6.07) is 10.0. The minimum absolute atomic E-state index is 0.137. The summed E-state index contributed by atoms with van der Waals surface area (Å²) >= 11 is 12.6. The average molecular weight is 784 g/mol. The standard InChI is InChI=1S/C26H37ClN4O2.C16H23ClN2O2/c1-6-8-19-13-17(3)29-26(33)23(19)16-28-25(32)22-14-20(27)15-24(18(22)4)31(7-2)21-9-11-30(5)12-10-21;1-4-19(13-5-7-18(3)8-6-13)15-10-12(17)9-14(11(15)2)16(20)21/h13-15,21H,6-12,16H2,1-5H3,(H,28,32)(H,29,33);9-10,13H,4-8H2,1-3H3,(H,20,21). The molecule has 0 aliphatic carbocycles. The van der Waals surface area contributed by atoms with Gasteiger partial charge in [-0.25, -0.2) is 4.79 Å². The van der Waals surface area contributed by atoms with E-state index in [0.29, 0.717) is 38.8 Å². The Morgan fingerprint density at radius 1 is 0.796 bits per heavy atom. The highest BCUT2D eigenvalue weighted by atomic mass is 35.5. The van der Waals surface area contributed by atoms with Crippen molar-refractivity contribution in [2.75, 3.05) is 63.2 Å². The molecule has 1 aromatic heterocycles. The Balaban J connectivity index is 0.000000266. The number of halogens is 2. The number of likely N-dealkylation sites (tertiary alicyclic amines) is 2. The van der Waals surface area contributed by atoms with Crippen molar-refractivity contribution >= 4 is 46.5 Å². The smallest absolute Gasteiger partial charge is 0.336 e. The number of aromatic amines is 1. The van der Waals surface area contributed by atoms with E-state index in [1.165, 1.54) is 6.07 Å². The Morgan fingerprint density at radius 2 is 1.26 bits per heavy atom. The molecule has 3 heterocycles. The molecule has 2 aliphatic rings. The van der Waals surface area contributed by atoms with Crippen molar-refractivity contribution < 1.29 is 14.7 Å². The summed E-state index contributed by atoms with van der Waals surface area (Å²) in [5, 5.41) is 13.3. The Bertz CT molecular complexity index is 1820. The number of aromatic nitrogens is 1. The molecule has 54 heavy (non-hydrogen) atoms. The van der Waals surface area contributed by atoms with Crippen LogP contribution in [0.2, 0.25) is 10.0 Å². The number of carbonyl (C=O) groups is 2. The molecule has 0 atom stereocenters. The van der Waals surface area contributed by atoms with Gasteiger partial charge >= 0.3 is 5.97 Å². The van der Waals surface area contributed by atoms with E-state index >= 15 is 0 Å². The number of benzene rings is 2. The first-order valence-corrected chi connectivity index (χ1v) is 20.2. The predicted octanol–water partition coefficient (Wildman–Crippen LogP) is 7.72. The largest absolute Gasteiger partial charge is 0.478 e. The lowest BCUT2D eigenvalue weighted by molar-refractivity contribution is 0.0695. The quantitative estimate of drug-likeness (QED) is 0.171. The minimum atomic E-state index is -0.921. The molecule has 0 radical (unpaired) electrons. The fraction of sp³-hybridized carbons (Fsp3) is 0.548. The van der Waals surface area contributed by atoms with Gasteiger partial charge in [0.15, 0.2) is 0 Å². The second-order valence-electron chi connectivity index (χ2n) is 14.9. The number of pyridine rings is 1. The summed E-state index contributed by atoms with van der Waals surface area (Å²) in [6.07, 6.45) is 6.11. The van der Waals surface area contributed by atoms with Gasteiger partial charge in [0.2, 0.25) is 0 Å². The van der Waals surface area contributed by atoms with Crippen molar-refractivity contribution in [1.82, 2.24) is 20.1 Å². The van der Waals surface area contributed by atoms with Crippen molar-refractivity contribution in [2.45, 2.75) is 98.7 Å². The number of H-pyrrole nitrogens is 1. The molecule has 2 aromatic carbocycles. The van der Waals surface area contributed by atoms with Crippen LogP contribution in [0.25, 0.3) is 0 Å². The van der Waals surface area contributed by atoms with E-state index < -0.39 is 5.97 Å². The van der Waals surface area contributed by atoms with E-state index in [0.717, 1.165) is 112 Å². The number of rotatable bonds is 12. The first-order chi connectivity index (χ1) is 25.7. The van der Waals surface area contributed by atoms with Gasteiger partial charge in [-0.05, 0) is 154 Å². The van der Waals surface area contributed by atoms with Gasteiger partial charge in [-0.15, -0.1) is 0 Å². The number of hydrogen-bond acceptors (Lipinski definition) is 7. The fourth-order valence-corrected chi connectivity index (χ4v) is 8.41. The molecule has 12 heteroatoms. The maximum absolute atomic E-state index is 13.2. The van der Waals surface area contributed by atoms with E-state index in [9.17, 15) is 19.5 Å². The van der Waals surface area contributed by atoms with Crippen molar-refractivity contribution in [3.05, 3.63) is 89.8 Å². The van der Waals surface area contributed by atoms with E-state index in [4.69, 9.17) is 23.2 Å². The van der Waals surface area contributed by atoms with Crippen LogP contribution < -0.4 is 20.7 Å². The van der Waals surface area contributed by atoms with Gasteiger partial charge in [0, 0.05) is 70.0 Å². The lowest BCUT2D eigenvalue weighted by Gasteiger charge is -2.39. The van der Waals surface area contributed by atoms with Gasteiger partial charge in [0.25, 0.3) is 11.5 Å². The molecule has 2 fully saturated rings. The third-order valence-electron chi connectivity index (χ3n) is 11.0. The lowest BCUT2D eigenvalue weighted by Crippen LogP contribution is -2.44. The Hall–Kier alpha value is -3.57. The average Bonchev–Trinajstić information content (AvgIpc) is 3.12. The van der Waals surface area contributed by atoms with Crippen LogP contribution in [-0.4, -0.2) is 97.2 Å². The number of nitrogens with one attached hydrogen (secondary N) is 2. The third-order valence-corrected chi connectivity index (χ3v) is 11.5. The molecule has 0 spiro atoms. The van der Waals surface area contributed by atoms with E-state index in [1.807, 2.05) is 39.0 Å². The van der Waals surface area contributed by atoms with Gasteiger partial charge < -0.3 is 35.0 Å². The maximum atomic E-state index is 13.2. The van der Waals surface area contributed by atoms with Crippen LogP contribution in [0.4, 0.5) is 11.4 Å². The normalized spacial score (nSPS) is 15.7. The van der Waals surface area contributed by atoms with E-state index in [1.54, 1.807) is 6.07 Å². The number of carboxylic acids is 1. The number of nitrogens with zero attached hydrogens (tertiary/aromatic N) is 4. The van der Waals surface area contributed by atoms with Gasteiger partial charge in [0.05, 0.1) is 5.56 Å². The minimum Gasteiger partial charge on any atom is -0.478 e. The van der Waals surface area contributed by atoms with Crippen LogP contribution in [0, 0.1) is 20.8 Å². The number of piperidine rings is 2. The molecule has 0 bridgehead atoms. The van der Waals surface area contributed by atoms with Gasteiger partial charge in [-0.1, -0.05) is 36.5 Å². The van der Waals surface area contributed by atoms with E-state index in [2.05, 4.69) is 64.8 Å². The van der Waals surface area contributed by atoms with E-state index in [-0.39, 0.29) is 18.0 Å². The summed E-state index contributed by atoms with van der Waals surface area (Å²) in [4.78, 5) is 49.4. The molecule has 3 aromatic rings. The highest BCUT2D eigenvalue weighted by Gasteiger charge is 2.27. The zero-order chi connectivity index (χ0) is 39.7. The lowest BCUT2D eigenvalue weighted by atomic mass is 9.99. The zero-order valence-electron chi connectivity index (χ0n) is 33.5.